The van der Waals surface area contributed by atoms with Gasteiger partial charge in [0.15, 0.2) is 0 Å². The third-order valence-corrected chi connectivity index (χ3v) is 6.93. The summed E-state index contributed by atoms with van der Waals surface area (Å²) in [5.74, 6) is 3.40. The molecular weight excluding hydrogens is 312 g/mol. The Morgan fingerprint density at radius 3 is 3.00 bits per heavy atom. The lowest BCUT2D eigenvalue weighted by molar-refractivity contribution is 0.547. The molecule has 0 aliphatic carbocycles. The van der Waals surface area contributed by atoms with Crippen molar-refractivity contribution in [1.82, 2.24) is 4.72 Å². The van der Waals surface area contributed by atoms with Gasteiger partial charge in [-0.1, -0.05) is 6.07 Å². The summed E-state index contributed by atoms with van der Waals surface area (Å²) in [6.07, 6.45) is 1.12. The first-order chi connectivity index (χ1) is 9.55. The number of benzene rings is 1. The molecule has 0 amide bonds. The average molecular weight is 333 g/mol. The van der Waals surface area contributed by atoms with Gasteiger partial charge in [0.2, 0.25) is 10.0 Å². The Bertz CT molecular complexity index is 528. The standard InChI is InChI=1S/C13H20N2O2S3/c14-12-2-1-3-13(8-12)19-6-7-20(16,17)15-9-11-4-5-18-10-11/h1-3,8,11,15H,4-7,9-10,14H2. The first kappa shape index (κ1) is 16.0. The molecule has 112 valence electrons. The van der Waals surface area contributed by atoms with E-state index in [2.05, 4.69) is 4.72 Å². The Hall–Kier alpha value is -0.370. The maximum atomic E-state index is 11.9. The van der Waals surface area contributed by atoms with Gasteiger partial charge in [0.1, 0.15) is 0 Å². The van der Waals surface area contributed by atoms with E-state index in [-0.39, 0.29) is 5.75 Å². The molecule has 1 unspecified atom stereocenters. The molecule has 1 saturated heterocycles. The van der Waals surface area contributed by atoms with Gasteiger partial charge < -0.3 is 5.73 Å². The van der Waals surface area contributed by atoms with Crippen molar-refractivity contribution in [2.45, 2.75) is 11.3 Å². The van der Waals surface area contributed by atoms with Crippen LogP contribution in [-0.4, -0.2) is 38.0 Å². The van der Waals surface area contributed by atoms with Crippen LogP contribution in [0.3, 0.4) is 0 Å². The summed E-state index contributed by atoms with van der Waals surface area (Å²) in [7, 11) is -3.16. The molecule has 1 aromatic carbocycles. The highest BCUT2D eigenvalue weighted by atomic mass is 32.2. The quantitative estimate of drug-likeness (QED) is 0.590. The predicted octanol–water partition coefficient (Wildman–Crippen LogP) is 2.03. The van der Waals surface area contributed by atoms with Crippen molar-refractivity contribution in [2.24, 2.45) is 5.92 Å². The van der Waals surface area contributed by atoms with E-state index in [9.17, 15) is 8.42 Å². The zero-order valence-corrected chi connectivity index (χ0v) is 13.7. The topological polar surface area (TPSA) is 72.2 Å². The minimum atomic E-state index is -3.16. The van der Waals surface area contributed by atoms with Gasteiger partial charge in [0.05, 0.1) is 5.75 Å². The first-order valence-electron chi connectivity index (χ1n) is 6.58. The third-order valence-electron chi connectivity index (χ3n) is 3.09. The highest BCUT2D eigenvalue weighted by molar-refractivity contribution is 8.00. The number of nitrogen functional groups attached to an aromatic ring is 1. The van der Waals surface area contributed by atoms with E-state index in [1.807, 2.05) is 36.0 Å². The third kappa shape index (κ3) is 5.55. The monoisotopic (exact) mass is 332 g/mol. The molecule has 0 bridgehead atoms. The summed E-state index contributed by atoms with van der Waals surface area (Å²) in [4.78, 5) is 1.01. The second-order valence-electron chi connectivity index (χ2n) is 4.82. The minimum Gasteiger partial charge on any atom is -0.399 e. The summed E-state index contributed by atoms with van der Waals surface area (Å²) in [5, 5.41) is 0. The highest BCUT2D eigenvalue weighted by Crippen LogP contribution is 2.23. The molecule has 0 spiro atoms. The average Bonchev–Trinajstić information content (AvgIpc) is 2.89. The maximum absolute atomic E-state index is 11.9. The van der Waals surface area contributed by atoms with E-state index < -0.39 is 10.0 Å². The van der Waals surface area contributed by atoms with E-state index in [4.69, 9.17) is 5.73 Å². The molecule has 3 N–H and O–H groups in total. The van der Waals surface area contributed by atoms with Gasteiger partial charge in [-0.25, -0.2) is 13.1 Å². The second-order valence-corrected chi connectivity index (χ2v) is 9.06. The van der Waals surface area contributed by atoms with Crippen LogP contribution in [0.15, 0.2) is 29.2 Å². The molecule has 1 aromatic rings. The Morgan fingerprint density at radius 2 is 2.30 bits per heavy atom. The molecule has 0 aromatic heterocycles. The van der Waals surface area contributed by atoms with Crippen LogP contribution < -0.4 is 10.5 Å². The molecule has 4 nitrogen and oxygen atoms in total. The highest BCUT2D eigenvalue weighted by Gasteiger charge is 2.18. The summed E-state index contributed by atoms with van der Waals surface area (Å²) in [6, 6.07) is 7.50. The van der Waals surface area contributed by atoms with Gasteiger partial charge in [-0.3, -0.25) is 0 Å². The number of nitrogens with one attached hydrogen (secondary N) is 1. The predicted molar refractivity (Wildman–Crippen MR) is 88.8 cm³/mol. The van der Waals surface area contributed by atoms with Crippen LogP contribution in [0.1, 0.15) is 6.42 Å². The lowest BCUT2D eigenvalue weighted by Gasteiger charge is -2.10. The normalized spacial score (nSPS) is 19.3. The molecular formula is C13H20N2O2S3. The van der Waals surface area contributed by atoms with Gasteiger partial charge in [-0.15, -0.1) is 11.8 Å². The minimum absolute atomic E-state index is 0.145. The summed E-state index contributed by atoms with van der Waals surface area (Å²) in [6.45, 7) is 0.582. The Morgan fingerprint density at radius 1 is 1.45 bits per heavy atom. The van der Waals surface area contributed by atoms with Gasteiger partial charge in [0, 0.05) is 22.9 Å². The summed E-state index contributed by atoms with van der Waals surface area (Å²) in [5.41, 5.74) is 6.39. The SMILES string of the molecule is Nc1cccc(SCCS(=O)(=O)NCC2CCSC2)c1. The van der Waals surface area contributed by atoms with Gasteiger partial charge in [-0.05, 0) is 42.0 Å². The van der Waals surface area contributed by atoms with E-state index in [0.29, 0.717) is 23.9 Å². The molecule has 1 aliphatic rings. The largest absolute Gasteiger partial charge is 0.399 e. The maximum Gasteiger partial charge on any atom is 0.212 e. The fourth-order valence-corrected chi connectivity index (χ4v) is 5.69. The van der Waals surface area contributed by atoms with Crippen LogP contribution in [-0.2, 0) is 10.0 Å². The molecule has 20 heavy (non-hydrogen) atoms. The number of thioether (sulfide) groups is 2. The van der Waals surface area contributed by atoms with E-state index in [1.54, 1.807) is 0 Å². The van der Waals surface area contributed by atoms with Crippen LogP contribution in [0.4, 0.5) is 5.69 Å². The molecule has 1 aliphatic heterocycles. The zero-order valence-electron chi connectivity index (χ0n) is 11.2. The van der Waals surface area contributed by atoms with Crippen LogP contribution in [0.25, 0.3) is 0 Å². The first-order valence-corrected chi connectivity index (χ1v) is 10.4. The molecule has 1 heterocycles. The molecule has 1 atom stereocenters. The Balaban J connectivity index is 1.71. The van der Waals surface area contributed by atoms with Crippen LogP contribution in [0, 0.1) is 5.92 Å². The zero-order chi connectivity index (χ0) is 14.4. The molecule has 2 rings (SSSR count). The Labute approximate surface area is 129 Å². The number of rotatable bonds is 7. The van der Waals surface area contributed by atoms with Crippen molar-refractivity contribution < 1.29 is 8.42 Å². The van der Waals surface area contributed by atoms with Gasteiger partial charge in [0.25, 0.3) is 0 Å². The number of anilines is 1. The number of hydrogen-bond donors (Lipinski definition) is 2. The Kier molecular flexibility index (Phi) is 6.07. The smallest absolute Gasteiger partial charge is 0.212 e. The summed E-state index contributed by atoms with van der Waals surface area (Å²) < 4.78 is 26.5. The van der Waals surface area contributed by atoms with E-state index in [0.717, 1.165) is 22.8 Å². The van der Waals surface area contributed by atoms with E-state index >= 15 is 0 Å². The number of nitrogens with two attached hydrogens (primary N) is 1. The fourth-order valence-electron chi connectivity index (χ4n) is 1.93. The number of hydrogen-bond acceptors (Lipinski definition) is 5. The van der Waals surface area contributed by atoms with Gasteiger partial charge >= 0.3 is 0 Å². The van der Waals surface area contributed by atoms with Crippen molar-refractivity contribution in [3.8, 4) is 0 Å². The van der Waals surface area contributed by atoms with Crippen molar-refractivity contribution in [2.75, 3.05) is 35.3 Å². The van der Waals surface area contributed by atoms with Crippen molar-refractivity contribution in [1.29, 1.82) is 0 Å². The lowest BCUT2D eigenvalue weighted by Crippen LogP contribution is -2.32. The van der Waals surface area contributed by atoms with Crippen LogP contribution >= 0.6 is 23.5 Å². The fraction of sp³-hybridized carbons (Fsp3) is 0.538. The molecule has 0 saturated carbocycles. The summed E-state index contributed by atoms with van der Waals surface area (Å²) >= 11 is 3.41. The van der Waals surface area contributed by atoms with Crippen LogP contribution in [0.2, 0.25) is 0 Å². The van der Waals surface area contributed by atoms with Gasteiger partial charge in [-0.2, -0.15) is 11.8 Å². The van der Waals surface area contributed by atoms with Crippen molar-refractivity contribution in [3.63, 3.8) is 0 Å². The molecule has 7 heteroatoms. The van der Waals surface area contributed by atoms with Crippen molar-refractivity contribution in [3.05, 3.63) is 24.3 Å². The second kappa shape index (κ2) is 7.59. The number of sulfonamides is 1. The molecule has 1 fully saturated rings. The molecule has 0 radical (unpaired) electrons. The van der Waals surface area contributed by atoms with Crippen LogP contribution in [0.5, 0.6) is 0 Å². The van der Waals surface area contributed by atoms with Crippen molar-refractivity contribution >= 4 is 39.2 Å². The van der Waals surface area contributed by atoms with E-state index in [1.165, 1.54) is 11.8 Å². The lowest BCUT2D eigenvalue weighted by atomic mass is 10.1.